The molecule has 0 amide bonds. The smallest absolute Gasteiger partial charge is 0.233 e. The number of ether oxygens (including phenoxy) is 2. The molecule has 1 fully saturated rings. The number of nitrogens with zero attached hydrogens (tertiary/aromatic N) is 2. The van der Waals surface area contributed by atoms with E-state index in [1.54, 1.807) is 0 Å². The van der Waals surface area contributed by atoms with Gasteiger partial charge in [-0.3, -0.25) is 0 Å². The molecular formula is C18H23N3O3. The summed E-state index contributed by atoms with van der Waals surface area (Å²) >= 11 is 0. The van der Waals surface area contributed by atoms with Gasteiger partial charge in [-0.05, 0) is 49.9 Å². The van der Waals surface area contributed by atoms with Crippen LogP contribution in [0.25, 0.3) is 0 Å². The van der Waals surface area contributed by atoms with E-state index in [1.165, 1.54) is 0 Å². The Morgan fingerprint density at radius 2 is 2.17 bits per heavy atom. The SMILES string of the molecule is CCOc1ccc2c(c1)CC(c1nc(C3(N)CCCC3)no1)CO2. The van der Waals surface area contributed by atoms with Gasteiger partial charge in [0.25, 0.3) is 0 Å². The second-order valence-corrected chi connectivity index (χ2v) is 6.73. The maximum absolute atomic E-state index is 6.42. The van der Waals surface area contributed by atoms with Gasteiger partial charge < -0.3 is 19.7 Å². The number of nitrogens with two attached hydrogens (primary N) is 1. The monoisotopic (exact) mass is 329 g/mol. The molecule has 4 rings (SSSR count). The first-order chi connectivity index (χ1) is 11.7. The lowest BCUT2D eigenvalue weighted by Gasteiger charge is -2.23. The van der Waals surface area contributed by atoms with Crippen LogP contribution in [0.3, 0.4) is 0 Å². The van der Waals surface area contributed by atoms with Gasteiger partial charge in [0, 0.05) is 0 Å². The highest BCUT2D eigenvalue weighted by molar-refractivity contribution is 5.42. The summed E-state index contributed by atoms with van der Waals surface area (Å²) in [5, 5.41) is 4.16. The van der Waals surface area contributed by atoms with Gasteiger partial charge in [-0.15, -0.1) is 0 Å². The van der Waals surface area contributed by atoms with E-state index >= 15 is 0 Å². The molecule has 2 aromatic rings. The van der Waals surface area contributed by atoms with E-state index in [2.05, 4.69) is 10.1 Å². The minimum Gasteiger partial charge on any atom is -0.494 e. The summed E-state index contributed by atoms with van der Waals surface area (Å²) in [6.45, 7) is 3.17. The molecule has 1 aromatic heterocycles. The average Bonchev–Trinajstić information content (AvgIpc) is 3.24. The van der Waals surface area contributed by atoms with E-state index in [0.29, 0.717) is 24.9 Å². The normalized spacial score (nSPS) is 22.0. The fourth-order valence-electron chi connectivity index (χ4n) is 3.62. The van der Waals surface area contributed by atoms with Gasteiger partial charge in [0.1, 0.15) is 18.1 Å². The van der Waals surface area contributed by atoms with E-state index < -0.39 is 5.54 Å². The van der Waals surface area contributed by atoms with Crippen molar-refractivity contribution in [3.8, 4) is 11.5 Å². The second-order valence-electron chi connectivity index (χ2n) is 6.73. The first-order valence-corrected chi connectivity index (χ1v) is 8.69. The average molecular weight is 329 g/mol. The molecule has 128 valence electrons. The summed E-state index contributed by atoms with van der Waals surface area (Å²) in [5.74, 6) is 3.08. The molecule has 1 aliphatic heterocycles. The van der Waals surface area contributed by atoms with Gasteiger partial charge in [0.2, 0.25) is 5.89 Å². The minimum atomic E-state index is -0.419. The number of benzene rings is 1. The van der Waals surface area contributed by atoms with Crippen molar-refractivity contribution in [2.75, 3.05) is 13.2 Å². The largest absolute Gasteiger partial charge is 0.494 e. The second kappa shape index (κ2) is 6.09. The van der Waals surface area contributed by atoms with Crippen molar-refractivity contribution in [3.05, 3.63) is 35.5 Å². The van der Waals surface area contributed by atoms with Gasteiger partial charge in [0.05, 0.1) is 18.1 Å². The molecule has 6 nitrogen and oxygen atoms in total. The summed E-state index contributed by atoms with van der Waals surface area (Å²) in [6, 6.07) is 5.93. The molecular weight excluding hydrogens is 306 g/mol. The Labute approximate surface area is 141 Å². The summed E-state index contributed by atoms with van der Waals surface area (Å²) in [5.41, 5.74) is 7.11. The van der Waals surface area contributed by atoms with Crippen LogP contribution in [-0.2, 0) is 12.0 Å². The van der Waals surface area contributed by atoms with E-state index in [9.17, 15) is 0 Å². The van der Waals surface area contributed by atoms with Crippen molar-refractivity contribution >= 4 is 0 Å². The van der Waals surface area contributed by atoms with Crippen molar-refractivity contribution in [1.29, 1.82) is 0 Å². The first-order valence-electron chi connectivity index (χ1n) is 8.69. The molecule has 1 aliphatic carbocycles. The quantitative estimate of drug-likeness (QED) is 0.928. The van der Waals surface area contributed by atoms with Crippen LogP contribution >= 0.6 is 0 Å². The van der Waals surface area contributed by atoms with Crippen LogP contribution in [-0.4, -0.2) is 23.4 Å². The van der Waals surface area contributed by atoms with Gasteiger partial charge >= 0.3 is 0 Å². The Morgan fingerprint density at radius 3 is 2.96 bits per heavy atom. The predicted octanol–water partition coefficient (Wildman–Crippen LogP) is 2.92. The molecule has 1 unspecified atom stereocenters. The van der Waals surface area contributed by atoms with Gasteiger partial charge in [-0.1, -0.05) is 18.0 Å². The number of fused-ring (bicyclic) bond motifs is 1. The molecule has 6 heteroatoms. The highest BCUT2D eigenvalue weighted by Crippen LogP contribution is 2.37. The lowest BCUT2D eigenvalue weighted by molar-refractivity contribution is 0.228. The molecule has 0 bridgehead atoms. The Bertz CT molecular complexity index is 722. The number of aromatic nitrogens is 2. The van der Waals surface area contributed by atoms with E-state index in [4.69, 9.17) is 19.7 Å². The number of hydrogen-bond acceptors (Lipinski definition) is 6. The number of hydrogen-bond donors (Lipinski definition) is 1. The molecule has 2 N–H and O–H groups in total. The van der Waals surface area contributed by atoms with Crippen molar-refractivity contribution in [1.82, 2.24) is 10.1 Å². The third-order valence-electron chi connectivity index (χ3n) is 4.98. The number of rotatable bonds is 4. The highest BCUT2D eigenvalue weighted by Gasteiger charge is 2.37. The Hall–Kier alpha value is -2.08. The molecule has 24 heavy (non-hydrogen) atoms. The van der Waals surface area contributed by atoms with Crippen LogP contribution in [0, 0.1) is 0 Å². The third kappa shape index (κ3) is 2.75. The maximum atomic E-state index is 6.42. The van der Waals surface area contributed by atoms with Gasteiger partial charge in [-0.25, -0.2) is 0 Å². The zero-order chi connectivity index (χ0) is 16.6. The van der Waals surface area contributed by atoms with E-state index in [0.717, 1.165) is 49.2 Å². The zero-order valence-electron chi connectivity index (χ0n) is 14.0. The zero-order valence-corrected chi connectivity index (χ0v) is 14.0. The molecule has 0 radical (unpaired) electrons. The van der Waals surface area contributed by atoms with Crippen LogP contribution in [0.2, 0.25) is 0 Å². The first kappa shape index (κ1) is 15.4. The molecule has 1 atom stereocenters. The molecule has 1 saturated carbocycles. The summed E-state index contributed by atoms with van der Waals surface area (Å²) in [6.07, 6.45) is 4.90. The topological polar surface area (TPSA) is 83.4 Å². The maximum Gasteiger partial charge on any atom is 0.233 e. The fraction of sp³-hybridized carbons (Fsp3) is 0.556. The summed E-state index contributed by atoms with van der Waals surface area (Å²) in [7, 11) is 0. The standard InChI is InChI=1S/C18H23N3O3/c1-2-22-14-5-6-15-12(10-14)9-13(11-23-15)16-20-17(21-24-16)18(19)7-3-4-8-18/h5-6,10,13H,2-4,7-9,11,19H2,1H3. The van der Waals surface area contributed by atoms with E-state index in [-0.39, 0.29) is 5.92 Å². The van der Waals surface area contributed by atoms with Crippen molar-refractivity contribution in [2.24, 2.45) is 5.73 Å². The Morgan fingerprint density at radius 1 is 1.33 bits per heavy atom. The Balaban J connectivity index is 1.54. The molecule has 2 heterocycles. The molecule has 0 saturated heterocycles. The Kier molecular flexibility index (Phi) is 3.92. The minimum absolute atomic E-state index is 0.0561. The highest BCUT2D eigenvalue weighted by atomic mass is 16.5. The van der Waals surface area contributed by atoms with Crippen LogP contribution in [0.1, 0.15) is 55.8 Å². The van der Waals surface area contributed by atoms with Crippen molar-refractivity contribution in [2.45, 2.75) is 50.5 Å². The molecule has 0 spiro atoms. The van der Waals surface area contributed by atoms with Gasteiger partial charge in [0.15, 0.2) is 5.82 Å². The summed E-state index contributed by atoms with van der Waals surface area (Å²) < 4.78 is 17.0. The lowest BCUT2D eigenvalue weighted by atomic mass is 9.96. The van der Waals surface area contributed by atoms with Crippen LogP contribution < -0.4 is 15.2 Å². The van der Waals surface area contributed by atoms with E-state index in [1.807, 2.05) is 25.1 Å². The van der Waals surface area contributed by atoms with Crippen LogP contribution in [0.4, 0.5) is 0 Å². The lowest BCUT2D eigenvalue weighted by Crippen LogP contribution is -2.34. The summed E-state index contributed by atoms with van der Waals surface area (Å²) in [4.78, 5) is 4.61. The van der Waals surface area contributed by atoms with Crippen LogP contribution in [0.5, 0.6) is 11.5 Å². The van der Waals surface area contributed by atoms with Gasteiger partial charge in [-0.2, -0.15) is 4.98 Å². The molecule has 1 aromatic carbocycles. The van der Waals surface area contributed by atoms with Crippen LogP contribution in [0.15, 0.2) is 22.7 Å². The fourth-order valence-corrected chi connectivity index (χ4v) is 3.62. The molecule has 2 aliphatic rings. The van der Waals surface area contributed by atoms with Crippen molar-refractivity contribution in [3.63, 3.8) is 0 Å². The predicted molar refractivity (Wildman–Crippen MR) is 88.2 cm³/mol. The van der Waals surface area contributed by atoms with Crippen molar-refractivity contribution < 1.29 is 14.0 Å². The third-order valence-corrected chi connectivity index (χ3v) is 4.98.